The van der Waals surface area contributed by atoms with Crippen molar-refractivity contribution in [2.75, 3.05) is 25.5 Å². The van der Waals surface area contributed by atoms with E-state index in [1.165, 1.54) is 5.56 Å². The Bertz CT molecular complexity index is 718. The Morgan fingerprint density at radius 3 is 3.00 bits per heavy atom. The molecule has 0 bridgehead atoms. The van der Waals surface area contributed by atoms with Gasteiger partial charge in [-0.3, -0.25) is 9.69 Å². The molecule has 3 heterocycles. The van der Waals surface area contributed by atoms with E-state index < -0.39 is 0 Å². The van der Waals surface area contributed by atoms with Crippen LogP contribution in [0.5, 0.6) is 0 Å². The molecule has 6 heteroatoms. The van der Waals surface area contributed by atoms with E-state index in [0.29, 0.717) is 6.54 Å². The van der Waals surface area contributed by atoms with Crippen LogP contribution in [0, 0.1) is 6.92 Å². The third-order valence-corrected chi connectivity index (χ3v) is 4.30. The summed E-state index contributed by atoms with van der Waals surface area (Å²) < 4.78 is 0. The molecule has 126 valence electrons. The second-order valence-electron chi connectivity index (χ2n) is 6.07. The number of pyridine rings is 2. The zero-order chi connectivity index (χ0) is 16.9. The normalized spacial score (nSPS) is 17.7. The van der Waals surface area contributed by atoms with Crippen molar-refractivity contribution in [1.29, 1.82) is 0 Å². The molecule has 2 N–H and O–H groups in total. The van der Waals surface area contributed by atoms with Gasteiger partial charge in [0, 0.05) is 25.0 Å². The Hall–Kier alpha value is -2.47. The number of likely N-dealkylation sites (tertiary alicyclic amines) is 1. The van der Waals surface area contributed by atoms with Gasteiger partial charge in [-0.2, -0.15) is 0 Å². The Morgan fingerprint density at radius 1 is 1.33 bits per heavy atom. The van der Waals surface area contributed by atoms with Gasteiger partial charge in [-0.05, 0) is 56.1 Å². The molecular formula is C18H23N5O. The van der Waals surface area contributed by atoms with Gasteiger partial charge in [0.25, 0.3) is 0 Å². The molecule has 1 amide bonds. The van der Waals surface area contributed by atoms with Crippen molar-refractivity contribution < 1.29 is 4.79 Å². The van der Waals surface area contributed by atoms with Crippen molar-refractivity contribution >= 4 is 17.5 Å². The van der Waals surface area contributed by atoms with E-state index in [4.69, 9.17) is 0 Å². The lowest BCUT2D eigenvalue weighted by Crippen LogP contribution is -2.35. The molecule has 0 spiro atoms. The molecule has 1 aliphatic rings. The third kappa shape index (κ3) is 3.89. The van der Waals surface area contributed by atoms with E-state index in [2.05, 4.69) is 31.6 Å². The van der Waals surface area contributed by atoms with Crippen LogP contribution in [-0.4, -0.2) is 40.9 Å². The number of carbonyl (C=O) groups is 1. The van der Waals surface area contributed by atoms with Crippen molar-refractivity contribution in [3.63, 3.8) is 0 Å². The van der Waals surface area contributed by atoms with Crippen LogP contribution in [0.2, 0.25) is 0 Å². The Balaban J connectivity index is 1.76. The minimum atomic E-state index is 0.0539. The zero-order valence-electron chi connectivity index (χ0n) is 14.1. The van der Waals surface area contributed by atoms with Crippen LogP contribution in [-0.2, 0) is 4.79 Å². The number of hydrogen-bond donors (Lipinski definition) is 2. The number of rotatable bonds is 5. The maximum absolute atomic E-state index is 11.7. The van der Waals surface area contributed by atoms with E-state index in [1.807, 2.05) is 37.4 Å². The van der Waals surface area contributed by atoms with Crippen molar-refractivity contribution in [1.82, 2.24) is 20.2 Å². The summed E-state index contributed by atoms with van der Waals surface area (Å²) >= 11 is 0. The number of carbonyl (C=O) groups excluding carboxylic acids is 1. The molecule has 2 aromatic rings. The van der Waals surface area contributed by atoms with Gasteiger partial charge in [0.2, 0.25) is 5.91 Å². The Kier molecular flexibility index (Phi) is 5.05. The molecule has 3 rings (SSSR count). The van der Waals surface area contributed by atoms with Crippen LogP contribution in [0.1, 0.15) is 30.1 Å². The summed E-state index contributed by atoms with van der Waals surface area (Å²) in [4.78, 5) is 22.8. The quantitative estimate of drug-likeness (QED) is 0.883. The number of nitrogens with one attached hydrogen (secondary N) is 2. The molecule has 0 radical (unpaired) electrons. The van der Waals surface area contributed by atoms with Gasteiger partial charge < -0.3 is 10.6 Å². The van der Waals surface area contributed by atoms with E-state index >= 15 is 0 Å². The molecule has 0 aliphatic carbocycles. The fourth-order valence-electron chi connectivity index (χ4n) is 3.12. The minimum Gasteiger partial charge on any atom is -0.358 e. The number of aromatic nitrogens is 2. The highest BCUT2D eigenvalue weighted by atomic mass is 16.1. The van der Waals surface area contributed by atoms with Gasteiger partial charge >= 0.3 is 0 Å². The fraction of sp³-hybridized carbons (Fsp3) is 0.389. The summed E-state index contributed by atoms with van der Waals surface area (Å²) in [5, 5.41) is 5.95. The predicted octanol–water partition coefficient (Wildman–Crippen LogP) is 2.41. The largest absolute Gasteiger partial charge is 0.358 e. The topological polar surface area (TPSA) is 70.2 Å². The van der Waals surface area contributed by atoms with E-state index in [9.17, 15) is 4.79 Å². The molecule has 1 saturated heterocycles. The molecule has 1 atom stereocenters. The van der Waals surface area contributed by atoms with E-state index in [-0.39, 0.29) is 11.9 Å². The van der Waals surface area contributed by atoms with E-state index in [1.54, 1.807) is 7.05 Å². The SMILES string of the molecule is CNC(=O)CN1CCC[C@@H]1c1ccnc(Nc2cccc(C)n2)c1. The summed E-state index contributed by atoms with van der Waals surface area (Å²) in [6.07, 6.45) is 3.97. The monoisotopic (exact) mass is 325 g/mol. The minimum absolute atomic E-state index is 0.0539. The summed E-state index contributed by atoms with van der Waals surface area (Å²) in [5.74, 6) is 1.61. The van der Waals surface area contributed by atoms with Gasteiger partial charge in [-0.25, -0.2) is 9.97 Å². The smallest absolute Gasteiger partial charge is 0.233 e. The van der Waals surface area contributed by atoms with Crippen molar-refractivity contribution in [2.45, 2.75) is 25.8 Å². The summed E-state index contributed by atoms with van der Waals surface area (Å²) in [5.41, 5.74) is 2.14. The average molecular weight is 325 g/mol. The van der Waals surface area contributed by atoms with Crippen LogP contribution in [0.15, 0.2) is 36.5 Å². The number of aryl methyl sites for hydroxylation is 1. The van der Waals surface area contributed by atoms with Crippen LogP contribution in [0.4, 0.5) is 11.6 Å². The highest BCUT2D eigenvalue weighted by Gasteiger charge is 2.27. The first kappa shape index (κ1) is 16.4. The van der Waals surface area contributed by atoms with Crippen molar-refractivity contribution in [3.05, 3.63) is 47.8 Å². The lowest BCUT2D eigenvalue weighted by molar-refractivity contribution is -0.122. The number of amides is 1. The average Bonchev–Trinajstić information content (AvgIpc) is 3.03. The molecule has 1 fully saturated rings. The summed E-state index contributed by atoms with van der Waals surface area (Å²) in [6.45, 7) is 3.35. The van der Waals surface area contributed by atoms with Crippen LogP contribution < -0.4 is 10.6 Å². The molecule has 1 aliphatic heterocycles. The van der Waals surface area contributed by atoms with Gasteiger partial charge in [-0.15, -0.1) is 0 Å². The van der Waals surface area contributed by atoms with Gasteiger partial charge in [0.05, 0.1) is 6.54 Å². The molecular weight excluding hydrogens is 302 g/mol. The molecule has 2 aromatic heterocycles. The first-order valence-electron chi connectivity index (χ1n) is 8.27. The predicted molar refractivity (Wildman–Crippen MR) is 94.1 cm³/mol. The van der Waals surface area contributed by atoms with Crippen LogP contribution >= 0.6 is 0 Å². The molecule has 0 aromatic carbocycles. The maximum Gasteiger partial charge on any atom is 0.233 e. The number of hydrogen-bond acceptors (Lipinski definition) is 5. The Morgan fingerprint density at radius 2 is 2.21 bits per heavy atom. The summed E-state index contributed by atoms with van der Waals surface area (Å²) in [6, 6.07) is 10.2. The standard InChI is InChI=1S/C18H23N5O/c1-13-5-3-7-16(21-13)22-17-11-14(8-9-20-17)15-6-4-10-23(15)12-18(24)19-2/h3,5,7-9,11,15H,4,6,10,12H2,1-2H3,(H,19,24)(H,20,21,22)/t15-/m1/s1. The summed E-state index contributed by atoms with van der Waals surface area (Å²) in [7, 11) is 1.68. The number of likely N-dealkylation sites (N-methyl/N-ethyl adjacent to an activating group) is 1. The van der Waals surface area contributed by atoms with Crippen LogP contribution in [0.25, 0.3) is 0 Å². The lowest BCUT2D eigenvalue weighted by Gasteiger charge is -2.24. The highest BCUT2D eigenvalue weighted by molar-refractivity contribution is 5.77. The first-order valence-corrected chi connectivity index (χ1v) is 8.27. The van der Waals surface area contributed by atoms with Gasteiger partial charge in [0.1, 0.15) is 11.6 Å². The molecule has 24 heavy (non-hydrogen) atoms. The molecule has 0 unspecified atom stereocenters. The number of nitrogens with zero attached hydrogens (tertiary/aromatic N) is 3. The van der Waals surface area contributed by atoms with Crippen molar-refractivity contribution in [3.8, 4) is 0 Å². The highest BCUT2D eigenvalue weighted by Crippen LogP contribution is 2.32. The third-order valence-electron chi connectivity index (χ3n) is 4.30. The second-order valence-corrected chi connectivity index (χ2v) is 6.07. The van der Waals surface area contributed by atoms with Crippen LogP contribution in [0.3, 0.4) is 0 Å². The lowest BCUT2D eigenvalue weighted by atomic mass is 10.1. The van der Waals surface area contributed by atoms with Crippen molar-refractivity contribution in [2.24, 2.45) is 0 Å². The second kappa shape index (κ2) is 7.40. The van der Waals surface area contributed by atoms with Gasteiger partial charge in [-0.1, -0.05) is 6.07 Å². The molecule has 6 nitrogen and oxygen atoms in total. The zero-order valence-corrected chi connectivity index (χ0v) is 14.1. The Labute approximate surface area is 142 Å². The van der Waals surface area contributed by atoms with Gasteiger partial charge in [0.15, 0.2) is 0 Å². The maximum atomic E-state index is 11.7. The van der Waals surface area contributed by atoms with E-state index in [0.717, 1.165) is 36.7 Å². The first-order chi connectivity index (χ1) is 11.7. The number of anilines is 2. The fourth-order valence-corrected chi connectivity index (χ4v) is 3.12. The molecule has 0 saturated carbocycles.